The lowest BCUT2D eigenvalue weighted by molar-refractivity contribution is 0.647. The van der Waals surface area contributed by atoms with Gasteiger partial charge in [0.1, 0.15) is 0 Å². The van der Waals surface area contributed by atoms with Crippen molar-refractivity contribution >= 4 is 11.2 Å². The first-order valence-corrected chi connectivity index (χ1v) is 5.85. The molecule has 3 nitrogen and oxygen atoms in total. The van der Waals surface area contributed by atoms with E-state index in [1.54, 1.807) is 0 Å². The molecule has 0 aliphatic rings. The van der Waals surface area contributed by atoms with Crippen LogP contribution in [0.15, 0.2) is 0 Å². The summed E-state index contributed by atoms with van der Waals surface area (Å²) in [6.07, 6.45) is 4.45. The van der Waals surface area contributed by atoms with Gasteiger partial charge in [-0.25, -0.2) is 13.7 Å². The highest BCUT2D eigenvalue weighted by Crippen LogP contribution is 1.85. The Morgan fingerprint density at radius 2 is 1.42 bits per heavy atom. The minimum absolute atomic E-state index is 0.836. The van der Waals surface area contributed by atoms with Crippen LogP contribution in [0.5, 0.6) is 0 Å². The molecular formula is C8H20N2OS. The van der Waals surface area contributed by atoms with Gasteiger partial charge in [-0.15, -0.1) is 0 Å². The lowest BCUT2D eigenvalue weighted by Gasteiger charge is -2.04. The first-order chi connectivity index (χ1) is 5.81. The van der Waals surface area contributed by atoms with E-state index in [4.69, 9.17) is 0 Å². The number of rotatable bonds is 8. The minimum atomic E-state index is -1.02. The fourth-order valence-corrected chi connectivity index (χ4v) is 1.50. The van der Waals surface area contributed by atoms with E-state index in [0.29, 0.717) is 0 Å². The highest BCUT2D eigenvalue weighted by Gasteiger charge is 1.94. The maximum atomic E-state index is 11.1. The molecule has 0 saturated heterocycles. The predicted molar refractivity (Wildman–Crippen MR) is 54.0 cm³/mol. The van der Waals surface area contributed by atoms with Gasteiger partial charge in [0, 0.05) is 13.1 Å². The Labute approximate surface area is 78.0 Å². The molecule has 2 N–H and O–H groups in total. The van der Waals surface area contributed by atoms with Crippen molar-refractivity contribution in [2.75, 3.05) is 13.1 Å². The zero-order chi connectivity index (χ0) is 9.23. The standard InChI is InChI=1S/C8H20N2OS/c1-3-5-7-9-12(11)10-8-6-4-2/h9-10H,3-8H2,1-2H3. The van der Waals surface area contributed by atoms with E-state index in [0.717, 1.165) is 38.8 Å². The van der Waals surface area contributed by atoms with Gasteiger partial charge >= 0.3 is 0 Å². The third-order valence-electron chi connectivity index (χ3n) is 1.53. The van der Waals surface area contributed by atoms with E-state index in [2.05, 4.69) is 23.3 Å². The Balaban J connectivity index is 3.10. The molecule has 0 aromatic carbocycles. The Kier molecular flexibility index (Phi) is 9.21. The summed E-state index contributed by atoms with van der Waals surface area (Å²) in [6.45, 7) is 5.91. The van der Waals surface area contributed by atoms with Gasteiger partial charge < -0.3 is 0 Å². The topological polar surface area (TPSA) is 41.1 Å². The Morgan fingerprint density at radius 1 is 1.00 bits per heavy atom. The second-order valence-corrected chi connectivity index (χ2v) is 3.88. The fourth-order valence-electron chi connectivity index (χ4n) is 0.734. The van der Waals surface area contributed by atoms with E-state index >= 15 is 0 Å². The average molecular weight is 192 g/mol. The molecule has 0 spiro atoms. The summed E-state index contributed by atoms with van der Waals surface area (Å²) in [4.78, 5) is 0. The fraction of sp³-hybridized carbons (Fsp3) is 1.00. The van der Waals surface area contributed by atoms with Crippen LogP contribution in [0.2, 0.25) is 0 Å². The van der Waals surface area contributed by atoms with Crippen molar-refractivity contribution in [1.29, 1.82) is 0 Å². The van der Waals surface area contributed by atoms with Gasteiger partial charge in [-0.05, 0) is 12.8 Å². The largest absolute Gasteiger partial charge is 0.225 e. The van der Waals surface area contributed by atoms with Crippen molar-refractivity contribution in [2.24, 2.45) is 0 Å². The van der Waals surface area contributed by atoms with Gasteiger partial charge in [0.2, 0.25) is 0 Å². The first kappa shape index (κ1) is 12.1. The molecule has 0 aliphatic carbocycles. The summed E-state index contributed by atoms with van der Waals surface area (Å²) in [5.74, 6) is 0. The monoisotopic (exact) mass is 192 g/mol. The molecule has 0 aliphatic heterocycles. The molecule has 0 unspecified atom stereocenters. The van der Waals surface area contributed by atoms with E-state index in [1.807, 2.05) is 0 Å². The Hall–Kier alpha value is 0.0700. The normalized spacial score (nSPS) is 10.9. The maximum absolute atomic E-state index is 11.1. The van der Waals surface area contributed by atoms with Crippen LogP contribution in [0.25, 0.3) is 0 Å². The van der Waals surface area contributed by atoms with Crippen LogP contribution in [0, 0.1) is 0 Å². The molecule has 0 rings (SSSR count). The summed E-state index contributed by atoms with van der Waals surface area (Å²) in [5.41, 5.74) is 0. The van der Waals surface area contributed by atoms with Crippen LogP contribution >= 0.6 is 0 Å². The van der Waals surface area contributed by atoms with Crippen LogP contribution < -0.4 is 9.44 Å². The molecule has 4 heteroatoms. The summed E-state index contributed by atoms with van der Waals surface area (Å²) in [5, 5.41) is 0. The number of hydrogen-bond acceptors (Lipinski definition) is 1. The third kappa shape index (κ3) is 8.17. The molecule has 0 bridgehead atoms. The molecule has 0 fully saturated rings. The number of hydrogen-bond donors (Lipinski definition) is 2. The van der Waals surface area contributed by atoms with Crippen molar-refractivity contribution in [3.8, 4) is 0 Å². The minimum Gasteiger partial charge on any atom is -0.225 e. The second-order valence-electron chi connectivity index (χ2n) is 2.76. The number of unbranched alkanes of at least 4 members (excludes halogenated alkanes) is 2. The van der Waals surface area contributed by atoms with E-state index in [-0.39, 0.29) is 0 Å². The Bertz CT molecular complexity index is 108. The Morgan fingerprint density at radius 3 is 1.75 bits per heavy atom. The molecule has 74 valence electrons. The van der Waals surface area contributed by atoms with Crippen LogP contribution in [0.3, 0.4) is 0 Å². The zero-order valence-corrected chi connectivity index (χ0v) is 8.88. The van der Waals surface area contributed by atoms with Gasteiger partial charge in [-0.3, -0.25) is 0 Å². The van der Waals surface area contributed by atoms with Crippen LogP contribution in [-0.2, 0) is 11.2 Å². The second kappa shape index (κ2) is 9.16. The van der Waals surface area contributed by atoms with E-state index in [1.165, 1.54) is 0 Å². The third-order valence-corrected chi connectivity index (χ3v) is 2.46. The van der Waals surface area contributed by atoms with Crippen molar-refractivity contribution < 1.29 is 4.21 Å². The van der Waals surface area contributed by atoms with Gasteiger partial charge in [-0.1, -0.05) is 26.7 Å². The summed E-state index contributed by atoms with van der Waals surface area (Å²) in [6, 6.07) is 0. The first-order valence-electron chi connectivity index (χ1n) is 4.70. The van der Waals surface area contributed by atoms with E-state index in [9.17, 15) is 4.21 Å². The molecule has 0 atom stereocenters. The lowest BCUT2D eigenvalue weighted by Crippen LogP contribution is -2.31. The molecule has 0 radical (unpaired) electrons. The molecule has 0 heterocycles. The van der Waals surface area contributed by atoms with E-state index < -0.39 is 11.2 Å². The zero-order valence-electron chi connectivity index (χ0n) is 8.06. The van der Waals surface area contributed by atoms with Crippen LogP contribution in [0.1, 0.15) is 39.5 Å². The summed E-state index contributed by atoms with van der Waals surface area (Å²) in [7, 11) is 0. The SMILES string of the molecule is CCCCNS(=O)NCCCC. The predicted octanol–water partition coefficient (Wildman–Crippen LogP) is 1.34. The smallest absolute Gasteiger partial charge is 0.167 e. The highest BCUT2D eigenvalue weighted by molar-refractivity contribution is 7.81. The molecule has 0 aromatic heterocycles. The molecule has 12 heavy (non-hydrogen) atoms. The van der Waals surface area contributed by atoms with Crippen molar-refractivity contribution in [2.45, 2.75) is 39.5 Å². The van der Waals surface area contributed by atoms with Crippen molar-refractivity contribution in [1.82, 2.24) is 9.44 Å². The molecule has 0 amide bonds. The maximum Gasteiger partial charge on any atom is 0.167 e. The van der Waals surface area contributed by atoms with Gasteiger partial charge in [-0.2, -0.15) is 0 Å². The van der Waals surface area contributed by atoms with Crippen LogP contribution in [-0.4, -0.2) is 17.3 Å². The quantitative estimate of drug-likeness (QED) is 0.560. The number of nitrogens with one attached hydrogen (secondary N) is 2. The van der Waals surface area contributed by atoms with Crippen LogP contribution in [0.4, 0.5) is 0 Å². The van der Waals surface area contributed by atoms with Gasteiger partial charge in [0.05, 0.1) is 0 Å². The molecular weight excluding hydrogens is 172 g/mol. The highest BCUT2D eigenvalue weighted by atomic mass is 32.2. The summed E-state index contributed by atoms with van der Waals surface area (Å²) >= 11 is -1.02. The molecule has 0 aromatic rings. The van der Waals surface area contributed by atoms with Gasteiger partial charge in [0.25, 0.3) is 0 Å². The lowest BCUT2D eigenvalue weighted by atomic mass is 10.3. The van der Waals surface area contributed by atoms with Crippen molar-refractivity contribution in [3.05, 3.63) is 0 Å². The molecule has 0 saturated carbocycles. The van der Waals surface area contributed by atoms with Crippen molar-refractivity contribution in [3.63, 3.8) is 0 Å². The van der Waals surface area contributed by atoms with Gasteiger partial charge in [0.15, 0.2) is 11.2 Å². The average Bonchev–Trinajstić information content (AvgIpc) is 2.06. The summed E-state index contributed by atoms with van der Waals surface area (Å²) < 4.78 is 16.9.